The van der Waals surface area contributed by atoms with Crippen molar-refractivity contribution in [3.8, 4) is 0 Å². The van der Waals surface area contributed by atoms with Gasteiger partial charge < -0.3 is 10.8 Å². The van der Waals surface area contributed by atoms with Crippen molar-refractivity contribution < 1.29 is 9.90 Å². The Labute approximate surface area is 72.4 Å². The van der Waals surface area contributed by atoms with Crippen LogP contribution in [0.15, 0.2) is 0 Å². The summed E-state index contributed by atoms with van der Waals surface area (Å²) in [7, 11) is 0. The van der Waals surface area contributed by atoms with Crippen molar-refractivity contribution in [3.63, 3.8) is 0 Å². The van der Waals surface area contributed by atoms with Crippen molar-refractivity contribution in [1.82, 2.24) is 0 Å². The summed E-state index contributed by atoms with van der Waals surface area (Å²) in [6, 6.07) is 0. The third kappa shape index (κ3) is 3.12. The molecule has 0 saturated heterocycles. The van der Waals surface area contributed by atoms with Crippen LogP contribution in [0.1, 0.15) is 20.3 Å². The minimum Gasteiger partial charge on any atom is -0.480 e. The smallest absolute Gasteiger partial charge is 0.324 e. The van der Waals surface area contributed by atoms with Gasteiger partial charge in [0.2, 0.25) is 0 Å². The van der Waals surface area contributed by atoms with Gasteiger partial charge in [0, 0.05) is 5.75 Å². The van der Waals surface area contributed by atoms with Gasteiger partial charge in [-0.3, -0.25) is 4.79 Å². The highest BCUT2D eigenvalue weighted by atomic mass is 32.1. The van der Waals surface area contributed by atoms with E-state index in [0.717, 1.165) is 0 Å². The lowest BCUT2D eigenvalue weighted by Crippen LogP contribution is -2.50. The zero-order chi connectivity index (χ0) is 9.07. The van der Waals surface area contributed by atoms with Gasteiger partial charge in [-0.2, -0.15) is 12.6 Å². The molecule has 0 spiro atoms. The molecule has 0 aliphatic rings. The van der Waals surface area contributed by atoms with Crippen LogP contribution in [0.2, 0.25) is 0 Å². The van der Waals surface area contributed by atoms with Crippen LogP contribution in [0, 0.1) is 5.92 Å². The normalized spacial score (nSPS) is 16.5. The maximum Gasteiger partial charge on any atom is 0.324 e. The molecule has 11 heavy (non-hydrogen) atoms. The monoisotopic (exact) mass is 177 g/mol. The Bertz CT molecular complexity index is 149. The van der Waals surface area contributed by atoms with Gasteiger partial charge in [0.25, 0.3) is 0 Å². The van der Waals surface area contributed by atoms with Crippen LogP contribution in [0.4, 0.5) is 0 Å². The molecule has 0 radical (unpaired) electrons. The van der Waals surface area contributed by atoms with Gasteiger partial charge >= 0.3 is 5.97 Å². The van der Waals surface area contributed by atoms with Crippen molar-refractivity contribution in [3.05, 3.63) is 0 Å². The number of thiol groups is 1. The van der Waals surface area contributed by atoms with Gasteiger partial charge in [-0.25, -0.2) is 0 Å². The molecule has 3 nitrogen and oxygen atoms in total. The number of hydrogen-bond acceptors (Lipinski definition) is 3. The number of nitrogens with two attached hydrogens (primary N) is 1. The Morgan fingerprint density at radius 1 is 1.73 bits per heavy atom. The number of rotatable bonds is 4. The molecule has 1 atom stereocenters. The number of carbonyl (C=O) groups is 1. The van der Waals surface area contributed by atoms with E-state index in [0.29, 0.717) is 6.42 Å². The number of carboxylic acids is 1. The lowest BCUT2D eigenvalue weighted by atomic mass is 9.92. The van der Waals surface area contributed by atoms with E-state index in [-0.39, 0.29) is 11.7 Å². The van der Waals surface area contributed by atoms with Gasteiger partial charge in [-0.15, -0.1) is 0 Å². The van der Waals surface area contributed by atoms with E-state index in [9.17, 15) is 4.79 Å². The summed E-state index contributed by atoms with van der Waals surface area (Å²) in [6.07, 6.45) is 0.464. The molecule has 0 amide bonds. The summed E-state index contributed by atoms with van der Waals surface area (Å²) >= 11 is 3.91. The second-order valence-electron chi connectivity index (χ2n) is 3.22. The molecule has 0 rings (SSSR count). The zero-order valence-corrected chi connectivity index (χ0v) is 7.77. The first-order valence-corrected chi connectivity index (χ1v) is 4.19. The van der Waals surface area contributed by atoms with Gasteiger partial charge in [-0.1, -0.05) is 13.8 Å². The van der Waals surface area contributed by atoms with Gasteiger partial charge in [0.05, 0.1) is 0 Å². The van der Waals surface area contributed by atoms with Crippen LogP contribution >= 0.6 is 12.6 Å². The first kappa shape index (κ1) is 10.8. The summed E-state index contributed by atoms with van der Waals surface area (Å²) in [4.78, 5) is 10.6. The molecule has 0 aromatic heterocycles. The summed E-state index contributed by atoms with van der Waals surface area (Å²) in [6.45, 7) is 3.88. The van der Waals surface area contributed by atoms with E-state index in [1.165, 1.54) is 0 Å². The summed E-state index contributed by atoms with van der Waals surface area (Å²) in [5.41, 5.74) is 4.41. The SMILES string of the molecule is CC(C)CC(N)(CS)C(=O)O. The molecule has 0 bridgehead atoms. The Morgan fingerprint density at radius 2 is 2.18 bits per heavy atom. The molecule has 0 heterocycles. The highest BCUT2D eigenvalue weighted by molar-refractivity contribution is 7.80. The molecule has 0 aromatic carbocycles. The van der Waals surface area contributed by atoms with Crippen molar-refractivity contribution in [2.24, 2.45) is 11.7 Å². The number of carboxylic acid groups (broad SMARTS) is 1. The van der Waals surface area contributed by atoms with Crippen LogP contribution < -0.4 is 5.73 Å². The first-order valence-electron chi connectivity index (χ1n) is 3.55. The fourth-order valence-corrected chi connectivity index (χ4v) is 1.21. The van der Waals surface area contributed by atoms with Crippen molar-refractivity contribution >= 4 is 18.6 Å². The van der Waals surface area contributed by atoms with E-state index >= 15 is 0 Å². The third-order valence-electron chi connectivity index (χ3n) is 1.48. The van der Waals surface area contributed by atoms with Crippen molar-refractivity contribution in [1.29, 1.82) is 0 Å². The van der Waals surface area contributed by atoms with Gasteiger partial charge in [-0.05, 0) is 12.3 Å². The molecule has 0 aliphatic heterocycles. The predicted molar refractivity (Wildman–Crippen MR) is 47.9 cm³/mol. The standard InChI is InChI=1S/C7H15NO2S/c1-5(2)3-7(8,4-11)6(9)10/h5,11H,3-4,8H2,1-2H3,(H,9,10). The summed E-state index contributed by atoms with van der Waals surface area (Å²) in [5, 5.41) is 8.71. The molecule has 1 unspecified atom stereocenters. The Balaban J connectivity index is 4.22. The largest absolute Gasteiger partial charge is 0.480 e. The lowest BCUT2D eigenvalue weighted by molar-refractivity contribution is -0.143. The molecule has 4 heteroatoms. The van der Waals surface area contributed by atoms with Crippen LogP contribution in [0.25, 0.3) is 0 Å². The van der Waals surface area contributed by atoms with Crippen LogP contribution in [0.3, 0.4) is 0 Å². The Hall–Kier alpha value is -0.220. The lowest BCUT2D eigenvalue weighted by Gasteiger charge is -2.24. The molecular formula is C7H15NO2S. The van der Waals surface area contributed by atoms with Crippen LogP contribution in [0.5, 0.6) is 0 Å². The highest BCUT2D eigenvalue weighted by Gasteiger charge is 2.32. The zero-order valence-electron chi connectivity index (χ0n) is 6.87. The average Bonchev–Trinajstić information content (AvgIpc) is 1.86. The maximum absolute atomic E-state index is 10.6. The fraction of sp³-hybridized carbons (Fsp3) is 0.857. The molecule has 0 saturated carbocycles. The summed E-state index contributed by atoms with van der Waals surface area (Å²) < 4.78 is 0. The Kier molecular flexibility index (Phi) is 3.89. The molecule has 0 aromatic rings. The van der Waals surface area contributed by atoms with E-state index in [4.69, 9.17) is 10.8 Å². The van der Waals surface area contributed by atoms with E-state index in [2.05, 4.69) is 12.6 Å². The minimum atomic E-state index is -1.16. The maximum atomic E-state index is 10.6. The Morgan fingerprint density at radius 3 is 2.27 bits per heavy atom. The number of hydrogen-bond donors (Lipinski definition) is 3. The molecular weight excluding hydrogens is 162 g/mol. The minimum absolute atomic E-state index is 0.181. The second-order valence-corrected chi connectivity index (χ2v) is 3.53. The topological polar surface area (TPSA) is 63.3 Å². The fourth-order valence-electron chi connectivity index (χ4n) is 0.948. The highest BCUT2D eigenvalue weighted by Crippen LogP contribution is 2.15. The molecule has 66 valence electrons. The van der Waals surface area contributed by atoms with Gasteiger partial charge in [0.1, 0.15) is 5.54 Å². The average molecular weight is 177 g/mol. The molecule has 3 N–H and O–H groups in total. The third-order valence-corrected chi connectivity index (χ3v) is 2.04. The number of aliphatic carboxylic acids is 1. The van der Waals surface area contributed by atoms with E-state index < -0.39 is 11.5 Å². The quantitative estimate of drug-likeness (QED) is 0.555. The van der Waals surface area contributed by atoms with Gasteiger partial charge in [0.15, 0.2) is 0 Å². The van der Waals surface area contributed by atoms with Crippen LogP contribution in [-0.2, 0) is 4.79 Å². The van der Waals surface area contributed by atoms with Crippen molar-refractivity contribution in [2.45, 2.75) is 25.8 Å². The summed E-state index contributed by atoms with van der Waals surface area (Å²) in [5.74, 6) is -0.509. The van der Waals surface area contributed by atoms with E-state index in [1.807, 2.05) is 13.8 Å². The van der Waals surface area contributed by atoms with Crippen LogP contribution in [-0.4, -0.2) is 22.4 Å². The second kappa shape index (κ2) is 3.97. The molecule has 0 aliphatic carbocycles. The van der Waals surface area contributed by atoms with E-state index in [1.54, 1.807) is 0 Å². The molecule has 0 fully saturated rings. The predicted octanol–water partition coefficient (Wildman–Crippen LogP) is 0.744. The van der Waals surface area contributed by atoms with Crippen molar-refractivity contribution in [2.75, 3.05) is 5.75 Å². The first-order chi connectivity index (χ1) is 4.92.